The van der Waals surface area contributed by atoms with Gasteiger partial charge in [0, 0.05) is 30.9 Å². The summed E-state index contributed by atoms with van der Waals surface area (Å²) >= 11 is 0. The van der Waals surface area contributed by atoms with Crippen LogP contribution in [-0.4, -0.2) is 58.0 Å². The van der Waals surface area contributed by atoms with Crippen molar-refractivity contribution in [1.29, 1.82) is 0 Å². The molecule has 9 nitrogen and oxygen atoms in total. The molecule has 0 radical (unpaired) electrons. The zero-order valence-electron chi connectivity index (χ0n) is 20.9. The number of carbonyl (C=O) groups excluding carboxylic acids is 1. The van der Waals surface area contributed by atoms with Gasteiger partial charge in [-0.2, -0.15) is 10.6 Å². The van der Waals surface area contributed by atoms with Gasteiger partial charge in [0.2, 0.25) is 0 Å². The lowest BCUT2D eigenvalue weighted by atomic mass is 10.1. The van der Waals surface area contributed by atoms with Crippen molar-refractivity contribution < 1.29 is 27.4 Å². The van der Waals surface area contributed by atoms with E-state index in [4.69, 9.17) is 14.7 Å². The minimum Gasteiger partial charge on any atom is -0.377 e. The summed E-state index contributed by atoms with van der Waals surface area (Å²) in [5.41, 5.74) is 1.67. The second-order valence-corrected chi connectivity index (χ2v) is 11.8. The smallest absolute Gasteiger partial charge is 0.318 e. The van der Waals surface area contributed by atoms with Crippen LogP contribution in [0.4, 0.5) is 25.1 Å². The number of morpholine rings is 1. The van der Waals surface area contributed by atoms with Crippen LogP contribution >= 0.6 is 10.6 Å². The molecule has 2 aliphatic rings. The number of benzene rings is 2. The Morgan fingerprint density at radius 2 is 1.84 bits per heavy atom. The Morgan fingerprint density at radius 3 is 2.47 bits per heavy atom. The van der Waals surface area contributed by atoms with E-state index in [9.17, 15) is 22.7 Å². The third-order valence-electron chi connectivity index (χ3n) is 6.94. The second-order valence-electron chi connectivity index (χ2n) is 9.45. The number of ether oxygens (including phenoxy) is 1. The predicted molar refractivity (Wildman–Crippen MR) is 142 cm³/mol. The van der Waals surface area contributed by atoms with Gasteiger partial charge in [0.05, 0.1) is 29.8 Å². The molecule has 1 saturated carbocycles. The van der Waals surface area contributed by atoms with Crippen LogP contribution in [0.15, 0.2) is 53.4 Å². The normalized spacial score (nSPS) is 19.1. The van der Waals surface area contributed by atoms with Gasteiger partial charge in [0.25, 0.3) is 0 Å². The van der Waals surface area contributed by atoms with E-state index >= 15 is 0 Å². The molecule has 2 heterocycles. The number of nitrogens with zero attached hydrogens (tertiary/aromatic N) is 3. The number of amides is 2. The Balaban J connectivity index is 1.58. The maximum atomic E-state index is 14.0. The molecule has 0 spiro atoms. The first-order valence-electron chi connectivity index (χ1n) is 12.2. The molecular formula is C26H29F2N5O4S. The van der Waals surface area contributed by atoms with Crippen LogP contribution < -0.4 is 15.5 Å². The average molecular weight is 546 g/mol. The van der Waals surface area contributed by atoms with E-state index in [0.29, 0.717) is 61.2 Å². The molecule has 2 fully saturated rings. The van der Waals surface area contributed by atoms with Crippen LogP contribution in [0.3, 0.4) is 0 Å². The van der Waals surface area contributed by atoms with E-state index in [2.05, 4.69) is 15.5 Å². The third kappa shape index (κ3) is 4.80. The van der Waals surface area contributed by atoms with Crippen LogP contribution in [0, 0.1) is 11.6 Å². The van der Waals surface area contributed by atoms with Crippen LogP contribution in [-0.2, 0) is 9.48 Å². The van der Waals surface area contributed by atoms with Crippen LogP contribution in [0.1, 0.15) is 25.5 Å². The molecule has 1 aliphatic heterocycles. The molecule has 202 valence electrons. The summed E-state index contributed by atoms with van der Waals surface area (Å²) in [5.74, 6) is -1.22. The lowest BCUT2D eigenvalue weighted by molar-refractivity contribution is 0.0985. The van der Waals surface area contributed by atoms with E-state index in [0.717, 1.165) is 12.1 Å². The number of rotatable bonds is 6. The highest BCUT2D eigenvalue weighted by Crippen LogP contribution is 2.75. The summed E-state index contributed by atoms with van der Waals surface area (Å²) in [4.78, 5) is 23.2. The van der Waals surface area contributed by atoms with Gasteiger partial charge in [-0.1, -0.05) is 0 Å². The van der Waals surface area contributed by atoms with Crippen molar-refractivity contribution in [2.45, 2.75) is 35.4 Å². The molecule has 12 heteroatoms. The van der Waals surface area contributed by atoms with Crippen LogP contribution in [0.25, 0.3) is 11.4 Å². The fourth-order valence-electron chi connectivity index (χ4n) is 4.59. The second kappa shape index (κ2) is 10.1. The molecule has 0 bridgehead atoms. The zero-order valence-corrected chi connectivity index (χ0v) is 21.8. The Kier molecular flexibility index (Phi) is 6.99. The van der Waals surface area contributed by atoms with Crippen molar-refractivity contribution in [2.24, 2.45) is 0 Å². The standard InChI is InChI=1S/C26H29F2N5O4S/c1-16-15-37-12-11-33(16)23-14-22(26(9-10-26)38(35,36)19-7-8-20(27)21(28)13-19)31-24(32-23)17-3-5-18(6-4-17)30-25(34)29-2/h3-8,13-14,16,35-36H,9-12,15H2,1-2H3,(H2,29,30,34)/t16-/m0/s1. The topological polar surface area (TPSA) is 120 Å². The highest BCUT2D eigenvalue weighted by Gasteiger charge is 2.57. The summed E-state index contributed by atoms with van der Waals surface area (Å²) in [7, 11) is -2.07. The van der Waals surface area contributed by atoms with Crippen molar-refractivity contribution in [2.75, 3.05) is 37.0 Å². The third-order valence-corrected chi connectivity index (χ3v) is 9.56. The minimum atomic E-state index is -3.60. The SMILES string of the molecule is CNC(=O)Nc1ccc(-c2nc(N3CCOC[C@@H]3C)cc(C3(S(O)(O)c4ccc(F)c(F)c4)CC3)n2)cc1. The molecule has 2 amide bonds. The number of carbonyl (C=O) groups is 1. The molecule has 1 aromatic heterocycles. The van der Waals surface area contributed by atoms with Gasteiger partial charge in [-0.05, 0) is 62.2 Å². The molecule has 4 N–H and O–H groups in total. The van der Waals surface area contributed by atoms with Crippen LogP contribution in [0.2, 0.25) is 0 Å². The molecule has 5 rings (SSSR count). The van der Waals surface area contributed by atoms with E-state index in [1.54, 1.807) is 30.3 Å². The van der Waals surface area contributed by atoms with Crippen molar-refractivity contribution in [3.05, 3.63) is 65.9 Å². The fourth-order valence-corrected chi connectivity index (χ4v) is 6.63. The molecule has 1 aliphatic carbocycles. The lowest BCUT2D eigenvalue weighted by Crippen LogP contribution is -2.44. The highest BCUT2D eigenvalue weighted by molar-refractivity contribution is 8.25. The summed E-state index contributed by atoms with van der Waals surface area (Å²) < 4.78 is 54.9. The van der Waals surface area contributed by atoms with Gasteiger partial charge in [-0.3, -0.25) is 9.11 Å². The van der Waals surface area contributed by atoms with Crippen molar-refractivity contribution in [1.82, 2.24) is 15.3 Å². The Morgan fingerprint density at radius 1 is 1.11 bits per heavy atom. The van der Waals surface area contributed by atoms with Crippen molar-refractivity contribution in [3.8, 4) is 11.4 Å². The summed E-state index contributed by atoms with van der Waals surface area (Å²) in [6.07, 6.45) is 0.829. The quantitative estimate of drug-likeness (QED) is 0.336. The van der Waals surface area contributed by atoms with Gasteiger partial charge in [-0.15, -0.1) is 0 Å². The first-order chi connectivity index (χ1) is 18.1. The number of halogens is 2. The lowest BCUT2D eigenvalue weighted by Gasteiger charge is -2.41. The Labute approximate surface area is 220 Å². The summed E-state index contributed by atoms with van der Waals surface area (Å²) in [6, 6.07) is 11.4. The largest absolute Gasteiger partial charge is 0.377 e. The van der Waals surface area contributed by atoms with E-state index in [1.165, 1.54) is 13.1 Å². The van der Waals surface area contributed by atoms with Gasteiger partial charge in [0.1, 0.15) is 10.6 Å². The summed E-state index contributed by atoms with van der Waals surface area (Å²) in [6.45, 7) is 3.65. The van der Waals surface area contributed by atoms with E-state index in [-0.39, 0.29) is 17.0 Å². The van der Waals surface area contributed by atoms with Gasteiger partial charge in [0.15, 0.2) is 17.5 Å². The first kappa shape index (κ1) is 26.3. The van der Waals surface area contributed by atoms with Crippen molar-refractivity contribution >= 4 is 28.1 Å². The molecule has 1 saturated heterocycles. The van der Waals surface area contributed by atoms with Gasteiger partial charge in [-0.25, -0.2) is 23.5 Å². The Hall–Kier alpha value is -3.32. The Bertz CT molecular complexity index is 1350. The molecular weight excluding hydrogens is 516 g/mol. The fraction of sp³-hybridized carbons (Fsp3) is 0.346. The maximum Gasteiger partial charge on any atom is 0.318 e. The molecule has 38 heavy (non-hydrogen) atoms. The maximum absolute atomic E-state index is 14.0. The molecule has 0 unspecified atom stereocenters. The van der Waals surface area contributed by atoms with E-state index < -0.39 is 27.0 Å². The monoisotopic (exact) mass is 545 g/mol. The zero-order chi connectivity index (χ0) is 27.1. The van der Waals surface area contributed by atoms with Gasteiger partial charge < -0.3 is 20.3 Å². The van der Waals surface area contributed by atoms with Crippen molar-refractivity contribution in [3.63, 3.8) is 0 Å². The molecule has 2 aromatic carbocycles. The minimum absolute atomic E-state index is 0.0280. The number of urea groups is 1. The first-order valence-corrected chi connectivity index (χ1v) is 13.8. The number of hydrogen-bond donors (Lipinski definition) is 4. The molecule has 3 aromatic rings. The number of hydrogen-bond acceptors (Lipinski definition) is 7. The highest BCUT2D eigenvalue weighted by atomic mass is 32.3. The average Bonchev–Trinajstić information content (AvgIpc) is 3.73. The molecule has 1 atom stereocenters. The van der Waals surface area contributed by atoms with Crippen LogP contribution in [0.5, 0.6) is 0 Å². The van der Waals surface area contributed by atoms with Gasteiger partial charge >= 0.3 is 6.03 Å². The predicted octanol–water partition coefficient (Wildman–Crippen LogP) is 5.20. The van der Waals surface area contributed by atoms with E-state index in [1.807, 2.05) is 6.92 Å². The number of nitrogens with one attached hydrogen (secondary N) is 2. The number of anilines is 2. The number of aromatic nitrogens is 2. The summed E-state index contributed by atoms with van der Waals surface area (Å²) in [5, 5.41) is 5.19.